The number of carbonyl (C=O) groups is 1. The van der Waals surface area contributed by atoms with E-state index in [0.29, 0.717) is 36.2 Å². The summed E-state index contributed by atoms with van der Waals surface area (Å²) in [5.41, 5.74) is 0.439. The lowest BCUT2D eigenvalue weighted by Gasteiger charge is -2.22. The molecule has 0 aliphatic rings. The Kier molecular flexibility index (Phi) is 7.90. The number of amides is 1. The van der Waals surface area contributed by atoms with Crippen molar-refractivity contribution in [3.63, 3.8) is 0 Å². The molecule has 156 valence electrons. The Hall–Kier alpha value is -2.74. The molecule has 0 spiro atoms. The van der Waals surface area contributed by atoms with E-state index in [9.17, 15) is 18.0 Å². The van der Waals surface area contributed by atoms with Gasteiger partial charge in [-0.3, -0.25) is 9.79 Å². The molecule has 2 N–H and O–H groups in total. The highest BCUT2D eigenvalue weighted by molar-refractivity contribution is 6.33. The number of benzene rings is 2. The Morgan fingerprint density at radius 3 is 2.28 bits per heavy atom. The number of hydrogen-bond acceptors (Lipinski definition) is 2. The molecule has 0 unspecified atom stereocenters. The fraction of sp³-hybridized carbons (Fsp3) is 0.300. The molecule has 0 saturated carbocycles. The first-order chi connectivity index (χ1) is 13.7. The van der Waals surface area contributed by atoms with Crippen LogP contribution in [0.25, 0.3) is 0 Å². The van der Waals surface area contributed by atoms with E-state index in [1.807, 2.05) is 0 Å². The van der Waals surface area contributed by atoms with Gasteiger partial charge in [-0.2, -0.15) is 13.2 Å². The van der Waals surface area contributed by atoms with Crippen molar-refractivity contribution in [2.45, 2.75) is 12.7 Å². The zero-order chi connectivity index (χ0) is 21.4. The Labute approximate surface area is 172 Å². The SMILES string of the molecule is CN=C(NCCNC(=O)c1ccccc1Cl)N(C)Cc1ccc(C(F)(F)F)cc1. The van der Waals surface area contributed by atoms with Gasteiger partial charge >= 0.3 is 6.18 Å². The van der Waals surface area contributed by atoms with E-state index in [-0.39, 0.29) is 5.91 Å². The van der Waals surface area contributed by atoms with Crippen LogP contribution in [0.5, 0.6) is 0 Å². The molecule has 29 heavy (non-hydrogen) atoms. The van der Waals surface area contributed by atoms with Gasteiger partial charge in [-0.05, 0) is 29.8 Å². The number of rotatable bonds is 6. The second kappa shape index (κ2) is 10.2. The number of hydrogen-bond donors (Lipinski definition) is 2. The van der Waals surface area contributed by atoms with Gasteiger partial charge in [-0.25, -0.2) is 0 Å². The van der Waals surface area contributed by atoms with Crippen molar-refractivity contribution in [3.05, 3.63) is 70.2 Å². The van der Waals surface area contributed by atoms with Crippen molar-refractivity contribution in [3.8, 4) is 0 Å². The maximum absolute atomic E-state index is 12.6. The summed E-state index contributed by atoms with van der Waals surface area (Å²) in [4.78, 5) is 18.0. The van der Waals surface area contributed by atoms with Crippen LogP contribution in [0, 0.1) is 0 Å². The first-order valence-corrected chi connectivity index (χ1v) is 9.21. The highest BCUT2D eigenvalue weighted by Gasteiger charge is 2.29. The second-order valence-electron chi connectivity index (χ2n) is 6.26. The van der Waals surface area contributed by atoms with Gasteiger partial charge in [0.2, 0.25) is 0 Å². The van der Waals surface area contributed by atoms with Crippen LogP contribution in [-0.4, -0.2) is 44.0 Å². The highest BCUT2D eigenvalue weighted by atomic mass is 35.5. The third kappa shape index (κ3) is 6.67. The normalized spacial score (nSPS) is 11.9. The summed E-state index contributed by atoms with van der Waals surface area (Å²) in [6, 6.07) is 11.8. The van der Waals surface area contributed by atoms with Crippen LogP contribution in [0.3, 0.4) is 0 Å². The lowest BCUT2D eigenvalue weighted by atomic mass is 10.1. The minimum Gasteiger partial charge on any atom is -0.354 e. The van der Waals surface area contributed by atoms with Crippen molar-refractivity contribution >= 4 is 23.5 Å². The van der Waals surface area contributed by atoms with Crippen LogP contribution in [0.2, 0.25) is 5.02 Å². The van der Waals surface area contributed by atoms with Crippen LogP contribution in [0.15, 0.2) is 53.5 Å². The average molecular weight is 427 g/mol. The van der Waals surface area contributed by atoms with E-state index in [4.69, 9.17) is 11.6 Å². The van der Waals surface area contributed by atoms with Gasteiger partial charge in [-0.15, -0.1) is 0 Å². The number of aliphatic imine (C=N–C) groups is 1. The number of carbonyl (C=O) groups excluding carboxylic acids is 1. The Bertz CT molecular complexity index is 854. The van der Waals surface area contributed by atoms with Crippen LogP contribution in [0.1, 0.15) is 21.5 Å². The molecule has 0 aliphatic heterocycles. The fourth-order valence-corrected chi connectivity index (χ4v) is 2.85. The molecule has 9 heteroatoms. The molecule has 5 nitrogen and oxygen atoms in total. The zero-order valence-corrected chi connectivity index (χ0v) is 16.8. The number of alkyl halides is 3. The van der Waals surface area contributed by atoms with Crippen LogP contribution in [0.4, 0.5) is 13.2 Å². The van der Waals surface area contributed by atoms with Crippen molar-refractivity contribution < 1.29 is 18.0 Å². The molecule has 0 fully saturated rings. The quantitative estimate of drug-likeness (QED) is 0.419. The minimum absolute atomic E-state index is 0.273. The molecule has 0 bridgehead atoms. The van der Waals surface area contributed by atoms with Gasteiger partial charge < -0.3 is 15.5 Å². The molecule has 0 radical (unpaired) electrons. The minimum atomic E-state index is -4.35. The molecule has 2 aromatic carbocycles. The summed E-state index contributed by atoms with van der Waals surface area (Å²) < 4.78 is 37.9. The number of nitrogens with zero attached hydrogens (tertiary/aromatic N) is 2. The molecule has 1 amide bonds. The van der Waals surface area contributed by atoms with Crippen LogP contribution in [-0.2, 0) is 12.7 Å². The zero-order valence-electron chi connectivity index (χ0n) is 16.1. The van der Waals surface area contributed by atoms with Crippen molar-refractivity contribution in [1.29, 1.82) is 0 Å². The van der Waals surface area contributed by atoms with E-state index >= 15 is 0 Å². The summed E-state index contributed by atoms with van der Waals surface area (Å²) >= 11 is 5.99. The molecule has 2 rings (SSSR count). The molecule has 2 aromatic rings. The highest BCUT2D eigenvalue weighted by Crippen LogP contribution is 2.29. The molecule has 0 atom stereocenters. The second-order valence-corrected chi connectivity index (χ2v) is 6.67. The monoisotopic (exact) mass is 426 g/mol. The number of nitrogens with one attached hydrogen (secondary N) is 2. The Morgan fingerprint density at radius 2 is 1.69 bits per heavy atom. The predicted octanol–water partition coefficient (Wildman–Crippen LogP) is 3.80. The van der Waals surface area contributed by atoms with Gasteiger partial charge in [0.05, 0.1) is 16.1 Å². The van der Waals surface area contributed by atoms with Gasteiger partial charge in [0.1, 0.15) is 0 Å². The van der Waals surface area contributed by atoms with Gasteiger partial charge in [0, 0.05) is 33.7 Å². The average Bonchev–Trinajstić information content (AvgIpc) is 2.67. The third-order valence-electron chi connectivity index (χ3n) is 4.09. The third-order valence-corrected chi connectivity index (χ3v) is 4.42. The van der Waals surface area contributed by atoms with E-state index in [2.05, 4.69) is 15.6 Å². The van der Waals surface area contributed by atoms with E-state index in [0.717, 1.165) is 17.7 Å². The molecule has 0 heterocycles. The van der Waals surface area contributed by atoms with Crippen molar-refractivity contribution in [2.24, 2.45) is 4.99 Å². The molecular weight excluding hydrogens is 405 g/mol. The molecule has 0 saturated heterocycles. The van der Waals surface area contributed by atoms with Gasteiger partial charge in [-0.1, -0.05) is 35.9 Å². The first-order valence-electron chi connectivity index (χ1n) is 8.83. The molecule has 0 aromatic heterocycles. The maximum Gasteiger partial charge on any atom is 0.416 e. The predicted molar refractivity (Wildman–Crippen MR) is 108 cm³/mol. The summed E-state index contributed by atoms with van der Waals surface area (Å²) in [5.74, 6) is 0.280. The Balaban J connectivity index is 1.82. The first kappa shape index (κ1) is 22.5. The summed E-state index contributed by atoms with van der Waals surface area (Å²) in [6.45, 7) is 1.14. The van der Waals surface area contributed by atoms with E-state index < -0.39 is 11.7 Å². The maximum atomic E-state index is 12.6. The Morgan fingerprint density at radius 1 is 1.07 bits per heavy atom. The van der Waals surface area contributed by atoms with Gasteiger partial charge in [0.25, 0.3) is 5.91 Å². The lowest BCUT2D eigenvalue weighted by Crippen LogP contribution is -2.42. The number of halogens is 4. The van der Waals surface area contributed by atoms with Crippen molar-refractivity contribution in [2.75, 3.05) is 27.2 Å². The van der Waals surface area contributed by atoms with Crippen molar-refractivity contribution in [1.82, 2.24) is 15.5 Å². The summed E-state index contributed by atoms with van der Waals surface area (Å²) in [7, 11) is 3.38. The van der Waals surface area contributed by atoms with E-state index in [1.54, 1.807) is 43.3 Å². The standard InChI is InChI=1S/C20H22ClF3N4O/c1-25-19(27-12-11-26-18(29)16-5-3-4-6-17(16)21)28(2)13-14-7-9-15(10-8-14)20(22,23)24/h3-10H,11-13H2,1-2H3,(H,25,27)(H,26,29). The lowest BCUT2D eigenvalue weighted by molar-refractivity contribution is -0.137. The number of guanidine groups is 1. The summed E-state index contributed by atoms with van der Waals surface area (Å²) in [5, 5.41) is 6.24. The van der Waals surface area contributed by atoms with Gasteiger partial charge in [0.15, 0.2) is 5.96 Å². The fourth-order valence-electron chi connectivity index (χ4n) is 2.62. The topological polar surface area (TPSA) is 56.7 Å². The van der Waals surface area contributed by atoms with Crippen LogP contribution >= 0.6 is 11.6 Å². The van der Waals surface area contributed by atoms with Crippen LogP contribution < -0.4 is 10.6 Å². The largest absolute Gasteiger partial charge is 0.416 e. The summed E-state index contributed by atoms with van der Waals surface area (Å²) in [6.07, 6.45) is -4.35. The smallest absolute Gasteiger partial charge is 0.354 e. The van der Waals surface area contributed by atoms with E-state index in [1.165, 1.54) is 12.1 Å². The molecular formula is C20H22ClF3N4O. The molecule has 0 aliphatic carbocycles.